The molecule has 122 valence electrons. The summed E-state index contributed by atoms with van der Waals surface area (Å²) in [5.74, 6) is 0. The van der Waals surface area contributed by atoms with Crippen LogP contribution in [0, 0.1) is 0 Å². The Morgan fingerprint density at radius 3 is 2.18 bits per heavy atom. The predicted octanol–water partition coefficient (Wildman–Crippen LogP) is 1.51. The van der Waals surface area contributed by atoms with Gasteiger partial charge in [-0.15, -0.1) is 0 Å². The van der Waals surface area contributed by atoms with Gasteiger partial charge in [0.05, 0.1) is 11.4 Å². The van der Waals surface area contributed by atoms with E-state index in [0.717, 1.165) is 11.4 Å². The van der Waals surface area contributed by atoms with Gasteiger partial charge in [-0.25, -0.2) is 4.79 Å². The van der Waals surface area contributed by atoms with Gasteiger partial charge in [-0.3, -0.25) is 4.98 Å². The van der Waals surface area contributed by atoms with Crippen LogP contribution in [0.1, 0.15) is 32.2 Å². The second kappa shape index (κ2) is 7.56. The molecule has 2 N–H and O–H groups in total. The highest BCUT2D eigenvalue weighted by Gasteiger charge is 2.21. The molecule has 6 nitrogen and oxygen atoms in total. The zero-order valence-electron chi connectivity index (χ0n) is 13.7. The van der Waals surface area contributed by atoms with Crippen LogP contribution in [-0.2, 0) is 17.8 Å². The number of amides is 1. The van der Waals surface area contributed by atoms with E-state index in [9.17, 15) is 4.79 Å². The summed E-state index contributed by atoms with van der Waals surface area (Å²) in [4.78, 5) is 18.6. The van der Waals surface area contributed by atoms with Crippen LogP contribution >= 0.6 is 0 Å². The molecule has 1 aromatic rings. The van der Waals surface area contributed by atoms with E-state index < -0.39 is 5.60 Å². The Morgan fingerprint density at radius 1 is 1.14 bits per heavy atom. The van der Waals surface area contributed by atoms with Crippen LogP contribution in [0.2, 0.25) is 0 Å². The van der Waals surface area contributed by atoms with Crippen molar-refractivity contribution in [2.75, 3.05) is 26.2 Å². The van der Waals surface area contributed by atoms with Gasteiger partial charge in [0.15, 0.2) is 0 Å². The molecule has 2 bridgehead atoms. The van der Waals surface area contributed by atoms with Crippen LogP contribution in [0.5, 0.6) is 0 Å². The zero-order valence-corrected chi connectivity index (χ0v) is 13.7. The summed E-state index contributed by atoms with van der Waals surface area (Å²) in [7, 11) is 0. The highest BCUT2D eigenvalue weighted by atomic mass is 16.6. The Hall–Kier alpha value is -1.66. The molecule has 6 heteroatoms. The number of hydrogen-bond donors (Lipinski definition) is 2. The standard InChI is InChI=1S/C16H26N4O2/c1-16(2,3)22-15(21)20-9-7-17-11-13-5-4-6-14(19-13)12-18-8-10-20/h4-6,17-18H,7-12H2,1-3H3. The third kappa shape index (κ3) is 5.61. The van der Waals surface area contributed by atoms with E-state index in [0.29, 0.717) is 39.3 Å². The Kier molecular flexibility index (Phi) is 5.74. The third-order valence-electron chi connectivity index (χ3n) is 3.25. The first-order chi connectivity index (χ1) is 10.4. The average Bonchev–Trinajstić information content (AvgIpc) is 2.42. The Balaban J connectivity index is 1.96. The summed E-state index contributed by atoms with van der Waals surface area (Å²) in [6.07, 6.45) is -0.259. The van der Waals surface area contributed by atoms with Gasteiger partial charge in [-0.2, -0.15) is 0 Å². The minimum atomic E-state index is -0.469. The number of ether oxygens (including phenoxy) is 1. The van der Waals surface area contributed by atoms with Crippen LogP contribution in [0.3, 0.4) is 0 Å². The summed E-state index contributed by atoms with van der Waals surface area (Å²) in [6.45, 7) is 9.73. The number of hydrogen-bond acceptors (Lipinski definition) is 5. The van der Waals surface area contributed by atoms with Gasteiger partial charge in [-0.05, 0) is 32.9 Å². The number of rotatable bonds is 0. The quantitative estimate of drug-likeness (QED) is 0.760. The summed E-state index contributed by atoms with van der Waals surface area (Å²) in [6, 6.07) is 6.04. The number of aromatic nitrogens is 1. The molecule has 0 fully saturated rings. The van der Waals surface area contributed by atoms with Crippen molar-refractivity contribution >= 4 is 6.09 Å². The van der Waals surface area contributed by atoms with Crippen LogP contribution in [0.15, 0.2) is 18.2 Å². The maximum absolute atomic E-state index is 12.2. The number of pyridine rings is 1. The van der Waals surface area contributed by atoms with Crippen LogP contribution in [0.25, 0.3) is 0 Å². The van der Waals surface area contributed by atoms with Crippen molar-refractivity contribution in [3.8, 4) is 0 Å². The van der Waals surface area contributed by atoms with E-state index in [1.165, 1.54) is 0 Å². The molecule has 0 spiro atoms. The van der Waals surface area contributed by atoms with Gasteiger partial charge >= 0.3 is 6.09 Å². The largest absolute Gasteiger partial charge is 0.444 e. The molecule has 22 heavy (non-hydrogen) atoms. The molecule has 0 radical (unpaired) electrons. The lowest BCUT2D eigenvalue weighted by Gasteiger charge is -2.28. The highest BCUT2D eigenvalue weighted by Crippen LogP contribution is 2.09. The van der Waals surface area contributed by atoms with Crippen molar-refractivity contribution in [2.45, 2.75) is 39.5 Å². The van der Waals surface area contributed by atoms with Crippen LogP contribution in [-0.4, -0.2) is 47.8 Å². The zero-order chi connectivity index (χ0) is 16.0. The average molecular weight is 306 g/mol. The first kappa shape index (κ1) is 16.7. The molecule has 1 amide bonds. The summed E-state index contributed by atoms with van der Waals surface area (Å²) in [5.41, 5.74) is 1.57. The maximum atomic E-state index is 12.2. The van der Waals surface area contributed by atoms with Gasteiger partial charge < -0.3 is 20.3 Å². The summed E-state index contributed by atoms with van der Waals surface area (Å²) >= 11 is 0. The van der Waals surface area contributed by atoms with Gasteiger partial charge in [0.25, 0.3) is 0 Å². The fourth-order valence-corrected chi connectivity index (χ4v) is 2.21. The summed E-state index contributed by atoms with van der Waals surface area (Å²) in [5, 5.41) is 6.65. The number of nitrogens with zero attached hydrogens (tertiary/aromatic N) is 2. The third-order valence-corrected chi connectivity index (χ3v) is 3.25. The molecule has 0 aromatic carbocycles. The van der Waals surface area contributed by atoms with E-state index in [-0.39, 0.29) is 6.09 Å². The van der Waals surface area contributed by atoms with Crippen LogP contribution in [0.4, 0.5) is 4.79 Å². The molecule has 0 aliphatic carbocycles. The number of fused-ring (bicyclic) bond motifs is 2. The lowest BCUT2D eigenvalue weighted by molar-refractivity contribution is 0.0253. The van der Waals surface area contributed by atoms with Gasteiger partial charge in [0.2, 0.25) is 0 Å². The molecule has 0 unspecified atom stereocenters. The SMILES string of the molecule is CC(C)(C)OC(=O)N1CCNCc2cccc(n2)CNCC1. The number of carbonyl (C=O) groups excluding carboxylic acids is 1. The van der Waals surface area contributed by atoms with E-state index in [4.69, 9.17) is 4.74 Å². The van der Waals surface area contributed by atoms with Crippen molar-refractivity contribution < 1.29 is 9.53 Å². The van der Waals surface area contributed by atoms with E-state index in [1.54, 1.807) is 4.90 Å². The van der Waals surface area contributed by atoms with Crippen LogP contribution < -0.4 is 10.6 Å². The first-order valence-electron chi connectivity index (χ1n) is 7.78. The highest BCUT2D eigenvalue weighted by molar-refractivity contribution is 5.68. The summed E-state index contributed by atoms with van der Waals surface area (Å²) < 4.78 is 5.46. The monoisotopic (exact) mass is 306 g/mol. The first-order valence-corrected chi connectivity index (χ1v) is 7.78. The fourth-order valence-electron chi connectivity index (χ4n) is 2.21. The van der Waals surface area contributed by atoms with E-state index in [1.807, 2.05) is 39.0 Å². The number of nitrogens with one attached hydrogen (secondary N) is 2. The van der Waals surface area contributed by atoms with Crippen molar-refractivity contribution in [2.24, 2.45) is 0 Å². The maximum Gasteiger partial charge on any atom is 0.410 e. The fraction of sp³-hybridized carbons (Fsp3) is 0.625. The normalized spacial score (nSPS) is 17.3. The second-order valence-corrected chi connectivity index (χ2v) is 6.44. The Morgan fingerprint density at radius 2 is 1.68 bits per heavy atom. The van der Waals surface area contributed by atoms with Crippen molar-refractivity contribution in [3.05, 3.63) is 29.6 Å². The lowest BCUT2D eigenvalue weighted by atomic mass is 10.2. The minimum Gasteiger partial charge on any atom is -0.444 e. The van der Waals surface area contributed by atoms with E-state index in [2.05, 4.69) is 15.6 Å². The van der Waals surface area contributed by atoms with Gasteiger partial charge in [0.1, 0.15) is 5.60 Å². The Bertz CT molecular complexity index is 472. The molecular formula is C16H26N4O2. The molecule has 0 saturated heterocycles. The van der Waals surface area contributed by atoms with Crippen molar-refractivity contribution in [1.82, 2.24) is 20.5 Å². The molecule has 2 heterocycles. The van der Waals surface area contributed by atoms with Crippen molar-refractivity contribution in [3.63, 3.8) is 0 Å². The lowest BCUT2D eigenvalue weighted by Crippen LogP contribution is -2.43. The topological polar surface area (TPSA) is 66.5 Å². The molecule has 1 aromatic heterocycles. The molecular weight excluding hydrogens is 280 g/mol. The Labute approximate surface area is 132 Å². The van der Waals surface area contributed by atoms with E-state index >= 15 is 0 Å². The molecule has 1 aliphatic heterocycles. The number of carbonyl (C=O) groups is 1. The molecule has 1 aliphatic rings. The van der Waals surface area contributed by atoms with Gasteiger partial charge in [0, 0.05) is 39.3 Å². The van der Waals surface area contributed by atoms with Crippen molar-refractivity contribution in [1.29, 1.82) is 0 Å². The predicted molar refractivity (Wildman–Crippen MR) is 85.5 cm³/mol. The van der Waals surface area contributed by atoms with Gasteiger partial charge in [-0.1, -0.05) is 6.07 Å². The molecule has 0 saturated carbocycles. The second-order valence-electron chi connectivity index (χ2n) is 6.44. The molecule has 2 rings (SSSR count). The minimum absolute atomic E-state index is 0.259. The smallest absolute Gasteiger partial charge is 0.410 e. The molecule has 0 atom stereocenters.